The molecule has 4 heteroatoms. The van der Waals surface area contributed by atoms with Gasteiger partial charge in [0.15, 0.2) is 0 Å². The first-order valence-corrected chi connectivity index (χ1v) is 4.99. The van der Waals surface area contributed by atoms with Gasteiger partial charge in [0.25, 0.3) is 0 Å². The zero-order valence-electron chi connectivity index (χ0n) is 8.25. The van der Waals surface area contributed by atoms with E-state index in [9.17, 15) is 8.78 Å². The predicted molar refractivity (Wildman–Crippen MR) is 54.1 cm³/mol. The van der Waals surface area contributed by atoms with E-state index in [1.807, 2.05) is 0 Å². The molecular weight excluding hydrogens is 200 g/mol. The van der Waals surface area contributed by atoms with Crippen LogP contribution < -0.4 is 5.32 Å². The summed E-state index contributed by atoms with van der Waals surface area (Å²) in [7, 11) is 0. The molecule has 1 aliphatic rings. The van der Waals surface area contributed by atoms with Crippen LogP contribution in [0.25, 0.3) is 0 Å². The summed E-state index contributed by atoms with van der Waals surface area (Å²) in [5, 5.41) is 2.98. The van der Waals surface area contributed by atoms with Crippen molar-refractivity contribution in [3.05, 3.63) is 30.1 Å². The highest BCUT2D eigenvalue weighted by molar-refractivity contribution is 5.44. The summed E-state index contributed by atoms with van der Waals surface area (Å²) in [6.07, 6.45) is -0.417. The van der Waals surface area contributed by atoms with E-state index in [0.29, 0.717) is 18.7 Å². The summed E-state index contributed by atoms with van der Waals surface area (Å²) >= 11 is 0. The van der Waals surface area contributed by atoms with Crippen molar-refractivity contribution in [2.75, 3.05) is 18.5 Å². The van der Waals surface area contributed by atoms with Crippen LogP contribution in [0.15, 0.2) is 24.3 Å². The van der Waals surface area contributed by atoms with Gasteiger partial charge in [0.2, 0.25) is 0 Å². The fourth-order valence-corrected chi connectivity index (χ4v) is 1.66. The molecule has 0 aromatic heterocycles. The van der Waals surface area contributed by atoms with Crippen molar-refractivity contribution < 1.29 is 13.5 Å². The van der Waals surface area contributed by atoms with Crippen molar-refractivity contribution in [1.29, 1.82) is 0 Å². The second kappa shape index (κ2) is 4.57. The van der Waals surface area contributed by atoms with E-state index in [0.717, 1.165) is 0 Å². The van der Waals surface area contributed by atoms with Crippen molar-refractivity contribution in [2.45, 2.75) is 18.6 Å². The Morgan fingerprint density at radius 2 is 2.27 bits per heavy atom. The molecule has 2 rings (SSSR count). The lowest BCUT2D eigenvalue weighted by molar-refractivity contribution is 0.0286. The third-order valence-electron chi connectivity index (χ3n) is 2.46. The molecule has 1 fully saturated rings. The summed E-state index contributed by atoms with van der Waals surface area (Å²) in [4.78, 5) is 0. The minimum Gasteiger partial charge on any atom is -0.379 e. The van der Waals surface area contributed by atoms with Gasteiger partial charge in [-0.1, -0.05) is 6.07 Å². The van der Waals surface area contributed by atoms with Crippen molar-refractivity contribution in [3.63, 3.8) is 0 Å². The van der Waals surface area contributed by atoms with E-state index in [1.54, 1.807) is 12.1 Å². The van der Waals surface area contributed by atoms with Crippen LogP contribution in [0, 0.1) is 5.82 Å². The van der Waals surface area contributed by atoms with Gasteiger partial charge in [-0.2, -0.15) is 0 Å². The zero-order valence-corrected chi connectivity index (χ0v) is 8.25. The molecule has 1 aromatic carbocycles. The smallest absolute Gasteiger partial charge is 0.143 e. The van der Waals surface area contributed by atoms with Crippen molar-refractivity contribution in [3.8, 4) is 0 Å². The highest BCUT2D eigenvalue weighted by atomic mass is 19.1. The number of ether oxygens (including phenoxy) is 1. The maximum absolute atomic E-state index is 13.4. The molecular formula is C11H13F2NO. The third-order valence-corrected chi connectivity index (χ3v) is 2.46. The number of rotatable bonds is 2. The third kappa shape index (κ3) is 2.65. The Labute approximate surface area is 87.2 Å². The van der Waals surface area contributed by atoms with Gasteiger partial charge < -0.3 is 10.1 Å². The van der Waals surface area contributed by atoms with Crippen molar-refractivity contribution in [1.82, 2.24) is 0 Å². The normalized spacial score (nSPS) is 26.3. The van der Waals surface area contributed by atoms with E-state index in [4.69, 9.17) is 4.74 Å². The molecule has 0 saturated carbocycles. The first-order chi connectivity index (χ1) is 7.25. The molecule has 0 radical (unpaired) electrons. The maximum Gasteiger partial charge on any atom is 0.143 e. The van der Waals surface area contributed by atoms with Crippen LogP contribution in [0.4, 0.5) is 14.5 Å². The van der Waals surface area contributed by atoms with Gasteiger partial charge in [-0.25, -0.2) is 8.78 Å². The van der Waals surface area contributed by atoms with E-state index in [-0.39, 0.29) is 18.5 Å². The minimum atomic E-state index is -1.03. The first kappa shape index (κ1) is 10.4. The van der Waals surface area contributed by atoms with Gasteiger partial charge in [0.1, 0.15) is 12.0 Å². The van der Waals surface area contributed by atoms with E-state index < -0.39 is 6.17 Å². The molecule has 2 atom stereocenters. The molecule has 0 bridgehead atoms. The fourth-order valence-electron chi connectivity index (χ4n) is 1.66. The van der Waals surface area contributed by atoms with E-state index >= 15 is 0 Å². The second-order valence-electron chi connectivity index (χ2n) is 3.64. The molecule has 1 saturated heterocycles. The lowest BCUT2D eigenvalue weighted by atomic mass is 10.1. The van der Waals surface area contributed by atoms with E-state index in [2.05, 4.69) is 5.32 Å². The van der Waals surface area contributed by atoms with Crippen LogP contribution in [-0.2, 0) is 4.74 Å². The zero-order chi connectivity index (χ0) is 10.7. The van der Waals surface area contributed by atoms with Gasteiger partial charge >= 0.3 is 0 Å². The van der Waals surface area contributed by atoms with Crippen molar-refractivity contribution in [2.24, 2.45) is 0 Å². The Bertz CT molecular complexity index is 332. The second-order valence-corrected chi connectivity index (χ2v) is 3.64. The topological polar surface area (TPSA) is 21.3 Å². The Morgan fingerprint density at radius 1 is 1.40 bits per heavy atom. The highest BCUT2D eigenvalue weighted by Gasteiger charge is 2.25. The van der Waals surface area contributed by atoms with E-state index in [1.165, 1.54) is 12.1 Å². The SMILES string of the molecule is Fc1cccc(NC2CCOCC2F)c1. The average Bonchev–Trinajstić information content (AvgIpc) is 2.22. The number of halogens is 2. The Kier molecular flexibility index (Phi) is 3.16. The Hall–Kier alpha value is -1.16. The van der Waals surface area contributed by atoms with Gasteiger partial charge in [0.05, 0.1) is 12.6 Å². The summed E-state index contributed by atoms with van der Waals surface area (Å²) in [6.45, 7) is 0.667. The molecule has 2 nitrogen and oxygen atoms in total. The van der Waals surface area contributed by atoms with Crippen LogP contribution in [0.2, 0.25) is 0 Å². The molecule has 1 N–H and O–H groups in total. The molecule has 2 unspecified atom stereocenters. The number of alkyl halides is 1. The molecule has 1 aromatic rings. The van der Waals surface area contributed by atoms with Crippen LogP contribution in [0.5, 0.6) is 0 Å². The summed E-state index contributed by atoms with van der Waals surface area (Å²) < 4.78 is 31.2. The molecule has 0 spiro atoms. The summed E-state index contributed by atoms with van der Waals surface area (Å²) in [5.41, 5.74) is 0.615. The summed E-state index contributed by atoms with van der Waals surface area (Å²) in [6, 6.07) is 5.78. The molecule has 1 heterocycles. The quantitative estimate of drug-likeness (QED) is 0.814. The molecule has 1 aliphatic heterocycles. The molecule has 0 amide bonds. The lowest BCUT2D eigenvalue weighted by Gasteiger charge is -2.27. The van der Waals surface area contributed by atoms with Gasteiger partial charge in [0, 0.05) is 12.3 Å². The Balaban J connectivity index is 2.01. The maximum atomic E-state index is 13.4. The number of anilines is 1. The first-order valence-electron chi connectivity index (χ1n) is 4.99. The molecule has 0 aliphatic carbocycles. The van der Waals surface area contributed by atoms with Gasteiger partial charge in [-0.05, 0) is 24.6 Å². The number of hydrogen-bond acceptors (Lipinski definition) is 2. The average molecular weight is 213 g/mol. The number of benzene rings is 1. The largest absolute Gasteiger partial charge is 0.379 e. The molecule has 82 valence electrons. The van der Waals surface area contributed by atoms with Crippen LogP contribution in [-0.4, -0.2) is 25.4 Å². The van der Waals surface area contributed by atoms with Crippen LogP contribution in [0.3, 0.4) is 0 Å². The number of hydrogen-bond donors (Lipinski definition) is 1. The van der Waals surface area contributed by atoms with Crippen LogP contribution >= 0.6 is 0 Å². The minimum absolute atomic E-state index is 0.118. The number of nitrogens with one attached hydrogen (secondary N) is 1. The van der Waals surface area contributed by atoms with Crippen LogP contribution in [0.1, 0.15) is 6.42 Å². The molecule has 15 heavy (non-hydrogen) atoms. The monoisotopic (exact) mass is 213 g/mol. The fraction of sp³-hybridized carbons (Fsp3) is 0.455. The summed E-state index contributed by atoms with van der Waals surface area (Å²) in [5.74, 6) is -0.317. The standard InChI is InChI=1S/C11H13F2NO/c12-8-2-1-3-9(6-8)14-11-4-5-15-7-10(11)13/h1-3,6,10-11,14H,4-5,7H2. The van der Waals surface area contributed by atoms with Gasteiger partial charge in [-0.3, -0.25) is 0 Å². The van der Waals surface area contributed by atoms with Gasteiger partial charge in [-0.15, -0.1) is 0 Å². The van der Waals surface area contributed by atoms with Crippen molar-refractivity contribution >= 4 is 5.69 Å². The Morgan fingerprint density at radius 3 is 3.00 bits per heavy atom. The predicted octanol–water partition coefficient (Wildman–Crippen LogP) is 2.36. The highest BCUT2D eigenvalue weighted by Crippen LogP contribution is 2.18. The lowest BCUT2D eigenvalue weighted by Crippen LogP contribution is -2.39.